The number of hydrogen-bond donors (Lipinski definition) is 2. The van der Waals surface area contributed by atoms with E-state index in [0.29, 0.717) is 25.1 Å². The Labute approximate surface area is 106 Å². The quantitative estimate of drug-likeness (QED) is 0.764. The molecule has 0 saturated carbocycles. The van der Waals surface area contributed by atoms with Crippen molar-refractivity contribution in [2.24, 2.45) is 0 Å². The SMILES string of the molecule is COCC(Cl)CCNC(=O)c1ccc(O)cc1. The second kappa shape index (κ2) is 7.14. The number of aromatic hydroxyl groups is 1. The maximum atomic E-state index is 11.6. The van der Waals surface area contributed by atoms with E-state index in [0.717, 1.165) is 0 Å². The molecule has 0 radical (unpaired) electrons. The molecule has 0 spiro atoms. The number of amides is 1. The van der Waals surface area contributed by atoms with Crippen molar-refractivity contribution in [1.82, 2.24) is 5.32 Å². The van der Waals surface area contributed by atoms with E-state index in [1.807, 2.05) is 0 Å². The fourth-order valence-corrected chi connectivity index (χ4v) is 1.56. The molecule has 0 aromatic heterocycles. The fourth-order valence-electron chi connectivity index (χ4n) is 1.32. The summed E-state index contributed by atoms with van der Waals surface area (Å²) in [6.07, 6.45) is 0.652. The average molecular weight is 258 g/mol. The van der Waals surface area contributed by atoms with E-state index in [9.17, 15) is 4.79 Å². The molecule has 1 aromatic rings. The molecule has 0 aliphatic heterocycles. The van der Waals surface area contributed by atoms with E-state index in [2.05, 4.69) is 5.32 Å². The summed E-state index contributed by atoms with van der Waals surface area (Å²) < 4.78 is 4.89. The van der Waals surface area contributed by atoms with Gasteiger partial charge in [0.2, 0.25) is 0 Å². The summed E-state index contributed by atoms with van der Waals surface area (Å²) in [6, 6.07) is 6.09. The second-order valence-corrected chi connectivity index (χ2v) is 4.26. The van der Waals surface area contributed by atoms with Crippen LogP contribution in [0, 0.1) is 0 Å². The summed E-state index contributed by atoms with van der Waals surface area (Å²) in [5.41, 5.74) is 0.515. The lowest BCUT2D eigenvalue weighted by molar-refractivity contribution is 0.0951. The number of halogens is 1. The number of carbonyl (C=O) groups is 1. The fraction of sp³-hybridized carbons (Fsp3) is 0.417. The van der Waals surface area contributed by atoms with Crippen LogP contribution in [0.1, 0.15) is 16.8 Å². The summed E-state index contributed by atoms with van der Waals surface area (Å²) in [5.74, 6) is -0.0336. The zero-order valence-corrected chi connectivity index (χ0v) is 10.4. The normalized spacial score (nSPS) is 12.1. The zero-order valence-electron chi connectivity index (χ0n) is 9.65. The van der Waals surface area contributed by atoms with Gasteiger partial charge in [-0.05, 0) is 30.7 Å². The molecule has 1 rings (SSSR count). The van der Waals surface area contributed by atoms with Gasteiger partial charge in [0.15, 0.2) is 0 Å². The summed E-state index contributed by atoms with van der Waals surface area (Å²) in [6.45, 7) is 0.966. The van der Waals surface area contributed by atoms with Crippen LogP contribution >= 0.6 is 11.6 Å². The maximum Gasteiger partial charge on any atom is 0.251 e. The lowest BCUT2D eigenvalue weighted by atomic mass is 10.2. The topological polar surface area (TPSA) is 58.6 Å². The van der Waals surface area contributed by atoms with Gasteiger partial charge in [-0.1, -0.05) is 0 Å². The number of methoxy groups -OCH3 is 1. The number of phenolic OH excluding ortho intramolecular Hbond substituents is 1. The third-order valence-electron chi connectivity index (χ3n) is 2.22. The van der Waals surface area contributed by atoms with Crippen molar-refractivity contribution >= 4 is 17.5 Å². The first-order valence-electron chi connectivity index (χ1n) is 5.33. The zero-order chi connectivity index (χ0) is 12.7. The number of hydrogen-bond acceptors (Lipinski definition) is 3. The van der Waals surface area contributed by atoms with Crippen LogP contribution in [-0.4, -0.2) is 36.7 Å². The maximum absolute atomic E-state index is 11.6. The van der Waals surface area contributed by atoms with Gasteiger partial charge in [0.25, 0.3) is 5.91 Å². The summed E-state index contributed by atoms with van der Waals surface area (Å²) >= 11 is 5.92. The monoisotopic (exact) mass is 257 g/mol. The Balaban J connectivity index is 2.32. The summed E-state index contributed by atoms with van der Waals surface area (Å²) in [4.78, 5) is 11.6. The van der Waals surface area contributed by atoms with Gasteiger partial charge in [-0.2, -0.15) is 0 Å². The number of carbonyl (C=O) groups excluding carboxylic acids is 1. The number of benzene rings is 1. The van der Waals surface area contributed by atoms with Gasteiger partial charge in [-0.3, -0.25) is 4.79 Å². The van der Waals surface area contributed by atoms with Crippen molar-refractivity contribution in [3.8, 4) is 5.75 Å². The van der Waals surface area contributed by atoms with E-state index in [-0.39, 0.29) is 17.0 Å². The Morgan fingerprint density at radius 1 is 1.47 bits per heavy atom. The van der Waals surface area contributed by atoms with Crippen LogP contribution < -0.4 is 5.32 Å². The Hall–Kier alpha value is -1.26. The minimum atomic E-state index is -0.175. The van der Waals surface area contributed by atoms with Crippen LogP contribution in [0.15, 0.2) is 24.3 Å². The molecule has 0 heterocycles. The smallest absolute Gasteiger partial charge is 0.251 e. The van der Waals surface area contributed by atoms with Gasteiger partial charge < -0.3 is 15.2 Å². The molecule has 0 aliphatic rings. The first kappa shape index (κ1) is 13.8. The van der Waals surface area contributed by atoms with Gasteiger partial charge in [0.1, 0.15) is 5.75 Å². The van der Waals surface area contributed by atoms with Crippen LogP contribution in [-0.2, 0) is 4.74 Å². The minimum absolute atomic E-state index is 0.0971. The molecule has 0 saturated heterocycles. The molecule has 1 unspecified atom stereocenters. The van der Waals surface area contributed by atoms with Crippen LogP contribution in [0.3, 0.4) is 0 Å². The molecular formula is C12H16ClNO3. The average Bonchev–Trinajstić information content (AvgIpc) is 2.30. The minimum Gasteiger partial charge on any atom is -0.508 e. The van der Waals surface area contributed by atoms with E-state index in [4.69, 9.17) is 21.4 Å². The molecule has 2 N–H and O–H groups in total. The highest BCUT2D eigenvalue weighted by atomic mass is 35.5. The van der Waals surface area contributed by atoms with E-state index in [1.165, 1.54) is 12.1 Å². The van der Waals surface area contributed by atoms with Gasteiger partial charge in [0, 0.05) is 19.2 Å². The Kier molecular flexibility index (Phi) is 5.80. The van der Waals surface area contributed by atoms with E-state index >= 15 is 0 Å². The molecule has 4 nitrogen and oxygen atoms in total. The predicted octanol–water partition coefficient (Wildman–Crippen LogP) is 1.77. The standard InChI is InChI=1S/C12H16ClNO3/c1-17-8-10(13)6-7-14-12(16)9-2-4-11(15)5-3-9/h2-5,10,15H,6-8H2,1H3,(H,14,16). The summed E-state index contributed by atoms with van der Waals surface area (Å²) in [5, 5.41) is 11.7. The Morgan fingerprint density at radius 2 is 2.12 bits per heavy atom. The van der Waals surface area contributed by atoms with Crippen LogP contribution in [0.5, 0.6) is 5.75 Å². The largest absolute Gasteiger partial charge is 0.508 e. The number of rotatable bonds is 6. The number of alkyl halides is 1. The highest BCUT2D eigenvalue weighted by Crippen LogP contribution is 2.09. The Morgan fingerprint density at radius 3 is 2.71 bits per heavy atom. The number of nitrogens with one attached hydrogen (secondary N) is 1. The van der Waals surface area contributed by atoms with Crippen molar-refractivity contribution in [2.75, 3.05) is 20.3 Å². The third kappa shape index (κ3) is 5.06. The number of phenols is 1. The van der Waals surface area contributed by atoms with Gasteiger partial charge in [0.05, 0.1) is 12.0 Å². The van der Waals surface area contributed by atoms with Gasteiger partial charge in [-0.15, -0.1) is 11.6 Å². The van der Waals surface area contributed by atoms with Crippen molar-refractivity contribution < 1.29 is 14.6 Å². The Bertz CT molecular complexity index is 353. The molecule has 17 heavy (non-hydrogen) atoms. The molecule has 94 valence electrons. The van der Waals surface area contributed by atoms with E-state index in [1.54, 1.807) is 19.2 Å². The van der Waals surface area contributed by atoms with Crippen LogP contribution in [0.4, 0.5) is 0 Å². The van der Waals surface area contributed by atoms with Crippen LogP contribution in [0.25, 0.3) is 0 Å². The molecule has 5 heteroatoms. The lowest BCUT2D eigenvalue weighted by Crippen LogP contribution is -2.26. The molecule has 1 amide bonds. The third-order valence-corrected chi connectivity index (χ3v) is 2.56. The van der Waals surface area contributed by atoms with Crippen molar-refractivity contribution in [2.45, 2.75) is 11.8 Å². The lowest BCUT2D eigenvalue weighted by Gasteiger charge is -2.09. The van der Waals surface area contributed by atoms with Gasteiger partial charge >= 0.3 is 0 Å². The highest BCUT2D eigenvalue weighted by Gasteiger charge is 2.07. The van der Waals surface area contributed by atoms with Crippen molar-refractivity contribution in [1.29, 1.82) is 0 Å². The molecular weight excluding hydrogens is 242 g/mol. The summed E-state index contributed by atoms with van der Waals surface area (Å²) in [7, 11) is 1.59. The highest BCUT2D eigenvalue weighted by molar-refractivity contribution is 6.20. The molecule has 0 fully saturated rings. The molecule has 0 aliphatic carbocycles. The van der Waals surface area contributed by atoms with Crippen LogP contribution in [0.2, 0.25) is 0 Å². The predicted molar refractivity (Wildman–Crippen MR) is 66.6 cm³/mol. The van der Waals surface area contributed by atoms with Gasteiger partial charge in [-0.25, -0.2) is 0 Å². The van der Waals surface area contributed by atoms with Crippen molar-refractivity contribution in [3.63, 3.8) is 0 Å². The first-order valence-corrected chi connectivity index (χ1v) is 5.77. The van der Waals surface area contributed by atoms with E-state index < -0.39 is 0 Å². The number of ether oxygens (including phenoxy) is 1. The molecule has 1 aromatic carbocycles. The van der Waals surface area contributed by atoms with Crippen molar-refractivity contribution in [3.05, 3.63) is 29.8 Å². The first-order chi connectivity index (χ1) is 8.13. The second-order valence-electron chi connectivity index (χ2n) is 3.64. The molecule has 0 bridgehead atoms. The molecule has 1 atom stereocenters.